The van der Waals surface area contributed by atoms with Crippen LogP contribution in [0.1, 0.15) is 38.3 Å². The second-order valence-electron chi connectivity index (χ2n) is 5.61. The van der Waals surface area contributed by atoms with Crippen molar-refractivity contribution in [3.05, 3.63) is 24.0 Å². The Balaban J connectivity index is 1.71. The van der Waals surface area contributed by atoms with Crippen LogP contribution in [0.3, 0.4) is 0 Å². The molecular weight excluding hydrogens is 222 g/mol. The molecule has 0 bridgehead atoms. The SMILES string of the molecule is CCNCc1cc(N(CC2CC2)C2CC2)ccn1. The van der Waals surface area contributed by atoms with E-state index in [1.54, 1.807) is 0 Å². The van der Waals surface area contributed by atoms with Crippen molar-refractivity contribution >= 4 is 5.69 Å². The van der Waals surface area contributed by atoms with E-state index in [0.717, 1.165) is 30.7 Å². The Morgan fingerprint density at radius 2 is 2.17 bits per heavy atom. The van der Waals surface area contributed by atoms with Gasteiger partial charge in [0.25, 0.3) is 0 Å². The molecule has 1 aromatic rings. The van der Waals surface area contributed by atoms with E-state index >= 15 is 0 Å². The summed E-state index contributed by atoms with van der Waals surface area (Å²) >= 11 is 0. The highest BCUT2D eigenvalue weighted by molar-refractivity contribution is 5.49. The van der Waals surface area contributed by atoms with Crippen molar-refractivity contribution in [2.75, 3.05) is 18.0 Å². The Labute approximate surface area is 110 Å². The normalized spacial score (nSPS) is 18.9. The van der Waals surface area contributed by atoms with Crippen LogP contribution in [0.25, 0.3) is 0 Å². The average Bonchev–Trinajstić information content (AvgIpc) is 3.27. The van der Waals surface area contributed by atoms with Gasteiger partial charge >= 0.3 is 0 Å². The van der Waals surface area contributed by atoms with Crippen LogP contribution in [0, 0.1) is 5.92 Å². The molecule has 2 aliphatic carbocycles. The highest BCUT2D eigenvalue weighted by Crippen LogP contribution is 2.37. The molecule has 2 fully saturated rings. The molecule has 2 saturated carbocycles. The van der Waals surface area contributed by atoms with Crippen molar-refractivity contribution in [3.8, 4) is 0 Å². The van der Waals surface area contributed by atoms with Crippen LogP contribution in [0.2, 0.25) is 0 Å². The van der Waals surface area contributed by atoms with Crippen LogP contribution >= 0.6 is 0 Å². The highest BCUT2D eigenvalue weighted by atomic mass is 15.2. The zero-order valence-corrected chi connectivity index (χ0v) is 11.2. The molecule has 18 heavy (non-hydrogen) atoms. The highest BCUT2D eigenvalue weighted by Gasteiger charge is 2.33. The molecule has 3 nitrogen and oxygen atoms in total. The molecule has 0 aliphatic heterocycles. The van der Waals surface area contributed by atoms with Crippen LogP contribution in [0.5, 0.6) is 0 Å². The Morgan fingerprint density at radius 3 is 2.83 bits per heavy atom. The summed E-state index contributed by atoms with van der Waals surface area (Å²) in [5.74, 6) is 0.955. The van der Waals surface area contributed by atoms with E-state index in [4.69, 9.17) is 0 Å². The summed E-state index contributed by atoms with van der Waals surface area (Å²) in [6, 6.07) is 5.25. The number of anilines is 1. The van der Waals surface area contributed by atoms with Gasteiger partial charge in [0.1, 0.15) is 0 Å². The molecule has 2 aliphatic rings. The van der Waals surface area contributed by atoms with E-state index in [1.165, 1.54) is 37.9 Å². The Kier molecular flexibility index (Phi) is 3.50. The summed E-state index contributed by atoms with van der Waals surface area (Å²) in [5, 5.41) is 3.35. The largest absolute Gasteiger partial charge is 0.368 e. The van der Waals surface area contributed by atoms with Gasteiger partial charge in [-0.25, -0.2) is 0 Å². The van der Waals surface area contributed by atoms with Crippen LogP contribution in [0.15, 0.2) is 18.3 Å². The van der Waals surface area contributed by atoms with Crippen molar-refractivity contribution in [2.45, 2.75) is 45.2 Å². The molecule has 0 spiro atoms. The van der Waals surface area contributed by atoms with Gasteiger partial charge in [-0.2, -0.15) is 0 Å². The maximum Gasteiger partial charge on any atom is 0.0562 e. The van der Waals surface area contributed by atoms with Crippen LogP contribution in [0.4, 0.5) is 5.69 Å². The van der Waals surface area contributed by atoms with Gasteiger partial charge in [0.15, 0.2) is 0 Å². The van der Waals surface area contributed by atoms with Crippen LogP contribution < -0.4 is 10.2 Å². The lowest BCUT2D eigenvalue weighted by atomic mass is 10.2. The predicted octanol–water partition coefficient (Wildman–Crippen LogP) is 2.57. The van der Waals surface area contributed by atoms with Gasteiger partial charge < -0.3 is 10.2 Å². The lowest BCUT2D eigenvalue weighted by Crippen LogP contribution is -2.28. The number of rotatable bonds is 7. The summed E-state index contributed by atoms with van der Waals surface area (Å²) in [6.07, 6.45) is 7.57. The molecular formula is C15H23N3. The Bertz CT molecular complexity index is 396. The zero-order valence-electron chi connectivity index (χ0n) is 11.2. The van der Waals surface area contributed by atoms with Gasteiger partial charge in [0, 0.05) is 31.0 Å². The van der Waals surface area contributed by atoms with E-state index in [0.29, 0.717) is 0 Å². The van der Waals surface area contributed by atoms with E-state index in [9.17, 15) is 0 Å². The van der Waals surface area contributed by atoms with Gasteiger partial charge in [-0.15, -0.1) is 0 Å². The first-order chi connectivity index (χ1) is 8.86. The fourth-order valence-electron chi connectivity index (χ4n) is 2.42. The fourth-order valence-corrected chi connectivity index (χ4v) is 2.42. The Hall–Kier alpha value is -1.09. The maximum atomic E-state index is 4.44. The first-order valence-electron chi connectivity index (χ1n) is 7.29. The molecule has 3 rings (SSSR count). The number of nitrogens with zero attached hydrogens (tertiary/aromatic N) is 2. The molecule has 0 atom stereocenters. The van der Waals surface area contributed by atoms with Gasteiger partial charge in [-0.05, 0) is 50.3 Å². The number of hydrogen-bond donors (Lipinski definition) is 1. The second-order valence-corrected chi connectivity index (χ2v) is 5.61. The summed E-state index contributed by atoms with van der Waals surface area (Å²) in [7, 11) is 0. The summed E-state index contributed by atoms with van der Waals surface area (Å²) < 4.78 is 0. The standard InChI is InChI=1S/C15H23N3/c1-2-16-10-13-9-15(7-8-17-13)18(14-5-6-14)11-12-3-4-12/h7-9,12,14,16H,2-6,10-11H2,1H3. The van der Waals surface area contributed by atoms with Gasteiger partial charge in [0.2, 0.25) is 0 Å². The van der Waals surface area contributed by atoms with Crippen molar-refractivity contribution in [1.29, 1.82) is 0 Å². The van der Waals surface area contributed by atoms with Crippen molar-refractivity contribution in [2.24, 2.45) is 5.92 Å². The molecule has 1 N–H and O–H groups in total. The lowest BCUT2D eigenvalue weighted by Gasteiger charge is -2.25. The molecule has 98 valence electrons. The first-order valence-corrected chi connectivity index (χ1v) is 7.29. The quantitative estimate of drug-likeness (QED) is 0.800. The summed E-state index contributed by atoms with van der Waals surface area (Å²) in [5.41, 5.74) is 2.54. The topological polar surface area (TPSA) is 28.2 Å². The van der Waals surface area contributed by atoms with Crippen molar-refractivity contribution in [3.63, 3.8) is 0 Å². The summed E-state index contributed by atoms with van der Waals surface area (Å²) in [4.78, 5) is 7.06. The van der Waals surface area contributed by atoms with E-state index in [-0.39, 0.29) is 0 Å². The molecule has 3 heteroatoms. The van der Waals surface area contributed by atoms with Crippen LogP contribution in [-0.2, 0) is 6.54 Å². The minimum atomic E-state index is 0.806. The molecule has 1 heterocycles. The third-order valence-electron chi connectivity index (χ3n) is 3.83. The van der Waals surface area contributed by atoms with Crippen LogP contribution in [-0.4, -0.2) is 24.1 Å². The van der Waals surface area contributed by atoms with E-state index in [1.807, 2.05) is 6.20 Å². The Morgan fingerprint density at radius 1 is 1.33 bits per heavy atom. The zero-order chi connectivity index (χ0) is 12.4. The fraction of sp³-hybridized carbons (Fsp3) is 0.667. The maximum absolute atomic E-state index is 4.44. The van der Waals surface area contributed by atoms with Gasteiger partial charge in [0.05, 0.1) is 5.69 Å². The lowest BCUT2D eigenvalue weighted by molar-refractivity contribution is 0.700. The predicted molar refractivity (Wildman–Crippen MR) is 74.7 cm³/mol. The molecule has 0 amide bonds. The molecule has 1 aromatic heterocycles. The average molecular weight is 245 g/mol. The van der Waals surface area contributed by atoms with E-state index in [2.05, 4.69) is 34.3 Å². The van der Waals surface area contributed by atoms with E-state index < -0.39 is 0 Å². The molecule has 0 radical (unpaired) electrons. The number of pyridine rings is 1. The number of nitrogens with one attached hydrogen (secondary N) is 1. The first kappa shape index (κ1) is 12.0. The third kappa shape index (κ3) is 3.02. The minimum absolute atomic E-state index is 0.806. The number of hydrogen-bond acceptors (Lipinski definition) is 3. The number of aromatic nitrogens is 1. The van der Waals surface area contributed by atoms with Crippen molar-refractivity contribution < 1.29 is 0 Å². The smallest absolute Gasteiger partial charge is 0.0562 e. The van der Waals surface area contributed by atoms with Crippen molar-refractivity contribution in [1.82, 2.24) is 10.3 Å². The molecule has 0 aromatic carbocycles. The third-order valence-corrected chi connectivity index (χ3v) is 3.83. The van der Waals surface area contributed by atoms with Gasteiger partial charge in [-0.3, -0.25) is 4.98 Å². The summed E-state index contributed by atoms with van der Waals surface area (Å²) in [6.45, 7) is 5.27. The molecule has 0 unspecified atom stereocenters. The molecule has 0 saturated heterocycles. The minimum Gasteiger partial charge on any atom is -0.368 e. The van der Waals surface area contributed by atoms with Gasteiger partial charge in [-0.1, -0.05) is 6.92 Å². The second kappa shape index (κ2) is 5.27. The monoisotopic (exact) mass is 245 g/mol.